The first-order valence-electron chi connectivity index (χ1n) is 9.65. The Hall–Kier alpha value is -2.56. The molecule has 1 aromatic carbocycles. The first-order chi connectivity index (χ1) is 14.5. The lowest BCUT2D eigenvalue weighted by Gasteiger charge is -2.19. The summed E-state index contributed by atoms with van der Waals surface area (Å²) >= 11 is 2.67. The van der Waals surface area contributed by atoms with Gasteiger partial charge in [0.1, 0.15) is 22.2 Å². The van der Waals surface area contributed by atoms with Gasteiger partial charge in [0, 0.05) is 23.7 Å². The van der Waals surface area contributed by atoms with Crippen molar-refractivity contribution in [3.8, 4) is 21.4 Å². The van der Waals surface area contributed by atoms with E-state index < -0.39 is 0 Å². The highest BCUT2D eigenvalue weighted by Gasteiger charge is 2.16. The number of hydrogen-bond donors (Lipinski definition) is 1. The third-order valence-electron chi connectivity index (χ3n) is 4.56. The van der Waals surface area contributed by atoms with E-state index >= 15 is 0 Å². The number of amides is 1. The third kappa shape index (κ3) is 5.32. The van der Waals surface area contributed by atoms with Crippen molar-refractivity contribution in [1.29, 1.82) is 0 Å². The summed E-state index contributed by atoms with van der Waals surface area (Å²) in [5.74, 6) is 0.927. The van der Waals surface area contributed by atoms with Crippen LogP contribution in [0.2, 0.25) is 0 Å². The molecule has 0 unspecified atom stereocenters. The molecule has 0 fully saturated rings. The molecule has 10 heteroatoms. The second-order valence-electron chi connectivity index (χ2n) is 6.42. The third-order valence-corrected chi connectivity index (χ3v) is 6.39. The van der Waals surface area contributed by atoms with E-state index in [1.807, 2.05) is 6.92 Å². The Labute approximate surface area is 184 Å². The SMILES string of the molecule is CCN(CC)CCOc1cc(NC(=O)c2csc(-c3snnc3C)n2)ccc1OC. The topological polar surface area (TPSA) is 89.5 Å². The normalized spacial score (nSPS) is 11.0. The van der Waals surface area contributed by atoms with Crippen molar-refractivity contribution in [2.24, 2.45) is 0 Å². The lowest BCUT2D eigenvalue weighted by atomic mass is 10.2. The minimum Gasteiger partial charge on any atom is -0.493 e. The van der Waals surface area contributed by atoms with Crippen molar-refractivity contribution in [3.05, 3.63) is 35.0 Å². The first-order valence-corrected chi connectivity index (χ1v) is 11.3. The Bertz CT molecular complexity index is 984. The van der Waals surface area contributed by atoms with Gasteiger partial charge in [-0.15, -0.1) is 16.4 Å². The number of thiazole rings is 1. The lowest BCUT2D eigenvalue weighted by molar-refractivity contribution is 0.102. The van der Waals surface area contributed by atoms with Crippen molar-refractivity contribution >= 4 is 34.5 Å². The van der Waals surface area contributed by atoms with Gasteiger partial charge in [0.05, 0.1) is 12.8 Å². The van der Waals surface area contributed by atoms with E-state index in [9.17, 15) is 4.79 Å². The molecule has 2 aromatic heterocycles. The second kappa shape index (κ2) is 10.5. The van der Waals surface area contributed by atoms with Gasteiger partial charge in [-0.3, -0.25) is 4.79 Å². The number of aromatic nitrogens is 3. The molecule has 0 bridgehead atoms. The molecule has 0 aliphatic rings. The molecule has 0 saturated heterocycles. The van der Waals surface area contributed by atoms with Crippen LogP contribution in [0.25, 0.3) is 9.88 Å². The molecule has 160 valence electrons. The van der Waals surface area contributed by atoms with E-state index in [0.29, 0.717) is 29.5 Å². The van der Waals surface area contributed by atoms with Crippen molar-refractivity contribution in [1.82, 2.24) is 19.5 Å². The molecule has 0 aliphatic heterocycles. The number of nitrogens with one attached hydrogen (secondary N) is 1. The van der Waals surface area contributed by atoms with Crippen LogP contribution < -0.4 is 14.8 Å². The zero-order valence-corrected chi connectivity index (χ0v) is 19.1. The number of rotatable bonds is 10. The molecule has 0 atom stereocenters. The molecule has 3 aromatic rings. The monoisotopic (exact) mass is 447 g/mol. The summed E-state index contributed by atoms with van der Waals surface area (Å²) < 4.78 is 15.2. The Morgan fingerprint density at radius 1 is 1.23 bits per heavy atom. The first kappa shape index (κ1) is 22.1. The molecule has 30 heavy (non-hydrogen) atoms. The Morgan fingerprint density at radius 2 is 2.03 bits per heavy atom. The number of ether oxygens (including phenoxy) is 2. The van der Waals surface area contributed by atoms with E-state index in [1.54, 1.807) is 30.7 Å². The van der Waals surface area contributed by atoms with Gasteiger partial charge in [0.2, 0.25) is 0 Å². The highest BCUT2D eigenvalue weighted by atomic mass is 32.1. The average molecular weight is 448 g/mol. The van der Waals surface area contributed by atoms with Gasteiger partial charge >= 0.3 is 0 Å². The van der Waals surface area contributed by atoms with Crippen LogP contribution in [0.1, 0.15) is 30.0 Å². The van der Waals surface area contributed by atoms with Crippen molar-refractivity contribution < 1.29 is 14.3 Å². The van der Waals surface area contributed by atoms with Gasteiger partial charge in [0.25, 0.3) is 5.91 Å². The molecule has 0 aliphatic carbocycles. The highest BCUT2D eigenvalue weighted by Crippen LogP contribution is 2.31. The second-order valence-corrected chi connectivity index (χ2v) is 8.03. The lowest BCUT2D eigenvalue weighted by Crippen LogP contribution is -2.28. The molecule has 8 nitrogen and oxygen atoms in total. The van der Waals surface area contributed by atoms with E-state index in [1.165, 1.54) is 22.9 Å². The molecular formula is C20H25N5O3S2. The van der Waals surface area contributed by atoms with E-state index in [4.69, 9.17) is 9.47 Å². The number of aryl methyl sites for hydroxylation is 1. The van der Waals surface area contributed by atoms with Crippen LogP contribution in [-0.2, 0) is 0 Å². The maximum atomic E-state index is 12.7. The van der Waals surface area contributed by atoms with E-state index in [0.717, 1.165) is 35.2 Å². The summed E-state index contributed by atoms with van der Waals surface area (Å²) in [6.07, 6.45) is 0. The zero-order chi connectivity index (χ0) is 21.5. The number of anilines is 1. The van der Waals surface area contributed by atoms with Crippen LogP contribution in [0.5, 0.6) is 11.5 Å². The number of hydrogen-bond acceptors (Lipinski definition) is 9. The van der Waals surface area contributed by atoms with Crippen molar-refractivity contribution in [3.63, 3.8) is 0 Å². The van der Waals surface area contributed by atoms with Crippen LogP contribution in [-0.4, -0.2) is 58.7 Å². The fraction of sp³-hybridized carbons (Fsp3) is 0.400. The van der Waals surface area contributed by atoms with Crippen LogP contribution in [0.15, 0.2) is 23.6 Å². The quantitative estimate of drug-likeness (QED) is 0.503. The van der Waals surface area contributed by atoms with Crippen molar-refractivity contribution in [2.45, 2.75) is 20.8 Å². The van der Waals surface area contributed by atoms with Crippen LogP contribution in [0.3, 0.4) is 0 Å². The number of methoxy groups -OCH3 is 1. The van der Waals surface area contributed by atoms with Crippen molar-refractivity contribution in [2.75, 3.05) is 38.7 Å². The highest BCUT2D eigenvalue weighted by molar-refractivity contribution is 7.18. The molecule has 0 spiro atoms. The van der Waals surface area contributed by atoms with Gasteiger partial charge in [-0.1, -0.05) is 18.3 Å². The molecule has 1 N–H and O–H groups in total. The van der Waals surface area contributed by atoms with Gasteiger partial charge in [-0.2, -0.15) is 0 Å². The predicted molar refractivity (Wildman–Crippen MR) is 120 cm³/mol. The summed E-state index contributed by atoms with van der Waals surface area (Å²) in [7, 11) is 1.60. The summed E-state index contributed by atoms with van der Waals surface area (Å²) in [5.41, 5.74) is 1.77. The fourth-order valence-corrected chi connectivity index (χ4v) is 4.38. The summed E-state index contributed by atoms with van der Waals surface area (Å²) in [4.78, 5) is 20.2. The summed E-state index contributed by atoms with van der Waals surface area (Å²) in [6, 6.07) is 5.32. The maximum Gasteiger partial charge on any atom is 0.275 e. The Morgan fingerprint density at radius 3 is 2.70 bits per heavy atom. The molecule has 2 heterocycles. The van der Waals surface area contributed by atoms with Gasteiger partial charge < -0.3 is 19.7 Å². The van der Waals surface area contributed by atoms with Crippen LogP contribution >= 0.6 is 22.9 Å². The minimum absolute atomic E-state index is 0.285. The zero-order valence-electron chi connectivity index (χ0n) is 17.5. The standard InChI is InChI=1S/C20H25N5O3S2/c1-5-25(6-2)9-10-28-17-11-14(7-8-16(17)27-4)21-19(26)15-12-29-20(22-15)18-13(3)23-24-30-18/h7-8,11-12H,5-6,9-10H2,1-4H3,(H,21,26). The van der Waals surface area contributed by atoms with Crippen LogP contribution in [0.4, 0.5) is 5.69 Å². The number of carbonyl (C=O) groups excluding carboxylic acids is 1. The maximum absolute atomic E-state index is 12.7. The Balaban J connectivity index is 1.68. The largest absolute Gasteiger partial charge is 0.493 e. The average Bonchev–Trinajstić information content (AvgIpc) is 3.40. The number of carbonyl (C=O) groups is 1. The van der Waals surface area contributed by atoms with E-state index in [-0.39, 0.29) is 5.91 Å². The molecule has 0 saturated carbocycles. The molecule has 0 radical (unpaired) electrons. The summed E-state index contributed by atoms with van der Waals surface area (Å²) in [5, 5.41) is 9.34. The molecule has 1 amide bonds. The predicted octanol–water partition coefficient (Wildman–Crippen LogP) is 3.95. The Kier molecular flexibility index (Phi) is 7.72. The van der Waals surface area contributed by atoms with Crippen LogP contribution in [0, 0.1) is 6.92 Å². The van der Waals surface area contributed by atoms with Gasteiger partial charge in [-0.05, 0) is 43.7 Å². The smallest absolute Gasteiger partial charge is 0.275 e. The molecular weight excluding hydrogens is 422 g/mol. The fourth-order valence-electron chi connectivity index (χ4n) is 2.80. The van der Waals surface area contributed by atoms with Gasteiger partial charge in [0.15, 0.2) is 11.5 Å². The minimum atomic E-state index is -0.285. The number of benzene rings is 1. The molecule has 3 rings (SSSR count). The van der Waals surface area contributed by atoms with E-state index in [2.05, 4.69) is 38.6 Å². The van der Waals surface area contributed by atoms with Gasteiger partial charge in [-0.25, -0.2) is 4.98 Å². The number of likely N-dealkylation sites (N-methyl/N-ethyl adjacent to an activating group) is 1. The number of nitrogens with zero attached hydrogens (tertiary/aromatic N) is 4. The summed E-state index contributed by atoms with van der Waals surface area (Å²) in [6.45, 7) is 9.42.